The van der Waals surface area contributed by atoms with E-state index in [1.54, 1.807) is 83.9 Å². The molecule has 0 aliphatic carbocycles. The molecule has 1 radical (unpaired) electrons. The summed E-state index contributed by atoms with van der Waals surface area (Å²) >= 11 is 9.53. The van der Waals surface area contributed by atoms with Gasteiger partial charge in [0.15, 0.2) is 5.69 Å². The number of benzene rings is 8. The topological polar surface area (TPSA) is 394 Å². The van der Waals surface area contributed by atoms with E-state index in [1.165, 1.54) is 42.0 Å². The number of aryl methyl sites for hydroxylation is 7. The van der Waals surface area contributed by atoms with Crippen LogP contribution in [0.25, 0.3) is 0 Å². The molecule has 6 aromatic heterocycles. The number of nitrogens with two attached hydrogens (primary N) is 1. The fraction of sp³-hybridized carbons (Fsp3) is 0.236. The maximum absolute atomic E-state index is 12.3. The molecule has 8 aromatic carbocycles. The monoisotopic (exact) mass is 1810 g/mol. The number of rotatable bonds is 25. The number of aromatic nitrogens is 12. The Balaban J connectivity index is 0.000000258. The number of aliphatic hydroxyl groups excluding tert-OH is 1. The molecule has 0 saturated carbocycles. The molecule has 0 saturated heterocycles. The van der Waals surface area contributed by atoms with Crippen LogP contribution in [0.15, 0.2) is 260 Å². The van der Waals surface area contributed by atoms with Gasteiger partial charge in [0.2, 0.25) is 0 Å². The number of hydrogen-bond acceptors (Lipinski definition) is 22. The molecule has 0 spiro atoms. The van der Waals surface area contributed by atoms with E-state index in [4.69, 9.17) is 62.3 Å². The molecule has 123 heavy (non-hydrogen) atoms. The number of aromatic hydroxyl groups is 1. The molecule has 6 heterocycles. The maximum atomic E-state index is 12.3. The van der Waals surface area contributed by atoms with E-state index < -0.39 is 20.0 Å². The first-order valence-corrected chi connectivity index (χ1v) is 40.2. The molecule has 14 rings (SSSR count). The van der Waals surface area contributed by atoms with Crippen molar-refractivity contribution < 1.29 is 93.9 Å². The number of phenolic OH excluding ortho intramolecular Hbond substituents is 1. The van der Waals surface area contributed by atoms with Gasteiger partial charge in [0.25, 0.3) is 21.5 Å². The van der Waals surface area contributed by atoms with Crippen LogP contribution >= 0.6 is 23.2 Å². The van der Waals surface area contributed by atoms with Gasteiger partial charge in [-0.2, -0.15) is 33.9 Å². The number of non-ortho nitro benzene ring substituents is 2. The molecule has 5 N–H and O–H groups in total. The minimum absolute atomic E-state index is 0. The van der Waals surface area contributed by atoms with Crippen LogP contribution in [0.5, 0.6) is 17.2 Å². The number of nitrogen functional groups attached to an aromatic ring is 1. The van der Waals surface area contributed by atoms with E-state index in [-0.39, 0.29) is 92.6 Å². The molecule has 34 heteroatoms. The summed E-state index contributed by atoms with van der Waals surface area (Å²) in [6.45, 7) is 20.9. The average molecular weight is 1810 g/mol. The first kappa shape index (κ1) is 101. The number of carbonyl (C=O) groups is 2. The van der Waals surface area contributed by atoms with Crippen molar-refractivity contribution in [3.8, 4) is 17.2 Å². The molecule has 645 valence electrons. The van der Waals surface area contributed by atoms with Gasteiger partial charge in [0.1, 0.15) is 36.2 Å². The second kappa shape index (κ2) is 53.3. The SMILES string of the molecule is C.CCOC(=O)c1cc(C)[nH]n1.CCOC(=O)c1cc(C)nn1Cc1ccccc1.Cc1cc(CO)n(Cc2ccccc2)n1.Cc1cc(COc2ccc(N)cc2)[n-]n1.Cc1cc(COc2ccc([N+](=O)[O-])cc2)n(Cc2ccccc2)n1.Cc1ccc(S(=O)(=O)OCc2cc(C)nn2Cc2ccccc2)cc1.ClCCl.O=[N+]([O-])c1ccc(O)cc1.[Y]. The van der Waals surface area contributed by atoms with Gasteiger partial charge < -0.3 is 45.1 Å². The molecule has 0 unspecified atom stereocenters. The number of H-pyrrole nitrogens is 1. The summed E-state index contributed by atoms with van der Waals surface area (Å²) in [6, 6.07) is 76.0. The average Bonchev–Trinajstić information content (AvgIpc) is 1.81. The Hall–Kier alpha value is -12.5. The summed E-state index contributed by atoms with van der Waals surface area (Å²) in [5, 5.41) is 70.6. The number of carbonyl (C=O) groups excluding carboxylic acids is 2. The van der Waals surface area contributed by atoms with Gasteiger partial charge >= 0.3 is 11.9 Å². The van der Waals surface area contributed by atoms with Crippen LogP contribution in [0, 0.1) is 68.7 Å². The van der Waals surface area contributed by atoms with Crippen molar-refractivity contribution in [2.75, 3.05) is 24.3 Å². The Morgan fingerprint density at radius 2 is 0.894 bits per heavy atom. The summed E-state index contributed by atoms with van der Waals surface area (Å²) in [6.07, 6.45) is 0. The number of esters is 2. The van der Waals surface area contributed by atoms with Crippen molar-refractivity contribution in [2.45, 2.75) is 127 Å². The number of ether oxygens (including phenoxy) is 4. The van der Waals surface area contributed by atoms with E-state index in [9.17, 15) is 38.2 Å². The number of alkyl halides is 2. The van der Waals surface area contributed by atoms with E-state index in [0.29, 0.717) is 69.7 Å². The smallest absolute Gasteiger partial charge is 0.358 e. The first-order valence-electron chi connectivity index (χ1n) is 37.7. The summed E-state index contributed by atoms with van der Waals surface area (Å²) in [7, 11) is -3.80. The molecule has 30 nitrogen and oxygen atoms in total. The second-order valence-electron chi connectivity index (χ2n) is 26.4. The van der Waals surface area contributed by atoms with Crippen molar-refractivity contribution in [1.82, 2.24) is 59.5 Å². The maximum Gasteiger partial charge on any atom is 0.358 e. The Morgan fingerprint density at radius 1 is 0.504 bits per heavy atom. The predicted molar refractivity (Wildman–Crippen MR) is 467 cm³/mol. The zero-order valence-electron chi connectivity index (χ0n) is 68.9. The summed E-state index contributed by atoms with van der Waals surface area (Å²) in [4.78, 5) is 42.7. The number of hydrogen-bond donors (Lipinski definition) is 4. The van der Waals surface area contributed by atoms with Gasteiger partial charge in [-0.1, -0.05) is 153 Å². The molecule has 14 aromatic rings. The first-order chi connectivity index (χ1) is 58.1. The molecule has 0 bridgehead atoms. The summed E-state index contributed by atoms with van der Waals surface area (Å²) < 4.78 is 58.1. The number of nitrogens with one attached hydrogen (secondary N) is 1. The van der Waals surface area contributed by atoms with Crippen LogP contribution in [-0.4, -0.2) is 113 Å². The standard InChI is InChI=1S/C19H20N2O3S.C18H17N3O3.C14H16N2O2.C12H14N2O.C11H12N3O.C7H10N2O2.C6H5NO3.CH2Cl2.CH4.Y/c1-15-8-10-19(11-9-15)25(22,23)24-14-18-12-16(2)20-21(18)13-17-6-4-3-5-7-17;1-14-11-17(20(19-14)12-15-5-3-2-4-6-15)13-24-18-9-7-16(8-10-18)21(22)23;1-3-18-14(17)13-9-11(2)15-16(13)10-12-7-5-4-6-8-12;1-10-7-12(9-15)14(13-10)8-11-5-3-2-4-6-11;1-8-6-10(14-13-8)7-15-11-4-2-9(12)3-5-11;1-3-11-7(10)6-4-5(2)8-9-6;8-6-3-1-5(2-4-6)7(9)10;2-1-3;;/h3-12H,13-14H2,1-2H3;2-11H,12-13H2,1H3;4-9H,3,10H2,1-2H3;2-7,15H,8-9H2,1H3;2-6H,7,12H2,1H3;4H,3H2,1-2H3,(H,8,9);1-4,8H;1H2;1H4;/q;;;;-1;;;;;. The van der Waals surface area contributed by atoms with Gasteiger partial charge in [-0.25, -0.2) is 9.59 Å². The normalized spacial score (nSPS) is 10.2. The third-order valence-corrected chi connectivity index (χ3v) is 17.8. The number of nitro groups is 2. The molecule has 0 fully saturated rings. The minimum Gasteiger partial charge on any atom is -0.576 e. The largest absolute Gasteiger partial charge is 0.576 e. The number of aromatic amines is 1. The third kappa shape index (κ3) is 36.0. The van der Waals surface area contributed by atoms with Crippen molar-refractivity contribution in [3.05, 3.63) is 371 Å². The number of nitrogens with zero attached hydrogens (tertiary/aromatic N) is 13. The van der Waals surface area contributed by atoms with Gasteiger partial charge in [-0.15, -0.1) is 28.9 Å². The summed E-state index contributed by atoms with van der Waals surface area (Å²) in [5.74, 6) is 0.701. The van der Waals surface area contributed by atoms with Crippen molar-refractivity contribution in [2.24, 2.45) is 0 Å². The quantitative estimate of drug-likeness (QED) is 0.0103. The predicted octanol–water partition coefficient (Wildman–Crippen LogP) is 17.1. The zero-order valence-corrected chi connectivity index (χ0v) is 74.0. The molecule has 0 amide bonds. The fourth-order valence-electron chi connectivity index (χ4n) is 10.9. The fourth-order valence-corrected chi connectivity index (χ4v) is 11.8. The minimum atomic E-state index is -3.80. The Labute approximate surface area is 750 Å². The van der Waals surface area contributed by atoms with Crippen LogP contribution in [0.1, 0.15) is 127 Å². The molecular formula is C89H100Cl2N15O15SY-. The van der Waals surface area contributed by atoms with Gasteiger partial charge in [-0.05, 0) is 176 Å². The van der Waals surface area contributed by atoms with Crippen LogP contribution in [-0.2, 0) is 109 Å². The van der Waals surface area contributed by atoms with E-state index in [2.05, 4.69) is 65.1 Å². The molecule has 0 aliphatic heterocycles. The van der Waals surface area contributed by atoms with Crippen molar-refractivity contribution in [1.29, 1.82) is 0 Å². The van der Waals surface area contributed by atoms with Crippen LogP contribution in [0.3, 0.4) is 0 Å². The number of phenols is 1. The molecular weight excluding hydrogens is 1710 g/mol. The molecule has 0 aliphatic rings. The van der Waals surface area contributed by atoms with E-state index in [0.717, 1.165) is 90.6 Å². The van der Waals surface area contributed by atoms with E-state index in [1.807, 2.05) is 191 Å². The van der Waals surface area contributed by atoms with Crippen LogP contribution < -0.4 is 20.3 Å². The molecule has 0 atom stereocenters. The third-order valence-electron chi connectivity index (χ3n) is 16.5. The Kier molecular flexibility index (Phi) is 43.8. The number of aliphatic hydroxyl groups is 1. The zero-order chi connectivity index (χ0) is 87.6. The summed E-state index contributed by atoms with van der Waals surface area (Å²) in [5.41, 5.74) is 21.3. The van der Waals surface area contributed by atoms with Gasteiger partial charge in [0, 0.05) is 74.0 Å². The van der Waals surface area contributed by atoms with Gasteiger partial charge in [0.05, 0.1) is 113 Å². The van der Waals surface area contributed by atoms with Crippen LogP contribution in [0.4, 0.5) is 17.1 Å². The number of anilines is 1. The number of halogens is 2. The van der Waals surface area contributed by atoms with E-state index >= 15 is 0 Å². The Bertz CT molecular complexity index is 5570. The Morgan fingerprint density at radius 3 is 1.31 bits per heavy atom. The van der Waals surface area contributed by atoms with Crippen LogP contribution in [0.2, 0.25) is 0 Å². The van der Waals surface area contributed by atoms with Crippen molar-refractivity contribution >= 4 is 62.3 Å². The van der Waals surface area contributed by atoms with Crippen molar-refractivity contribution in [3.63, 3.8) is 0 Å². The van der Waals surface area contributed by atoms with Gasteiger partial charge in [-0.3, -0.25) is 48.2 Å². The second-order valence-corrected chi connectivity index (χ2v) is 28.8. The number of nitro benzene ring substituents is 2.